The summed E-state index contributed by atoms with van der Waals surface area (Å²) in [4.78, 5) is 8.73. The third kappa shape index (κ3) is 2.74. The van der Waals surface area contributed by atoms with Crippen molar-refractivity contribution in [3.8, 4) is 11.1 Å². The smallest absolute Gasteiger partial charge is 0.283 e. The van der Waals surface area contributed by atoms with Crippen LogP contribution in [0.1, 0.15) is 11.1 Å². The molecule has 124 valence electrons. The van der Waals surface area contributed by atoms with E-state index in [2.05, 4.69) is 9.98 Å². The van der Waals surface area contributed by atoms with E-state index in [1.165, 1.54) is 12.1 Å². The minimum atomic E-state index is -0.782. The van der Waals surface area contributed by atoms with Gasteiger partial charge in [0.05, 0.1) is 0 Å². The molecule has 1 atom stereocenters. The molecule has 0 saturated carbocycles. The lowest BCUT2D eigenvalue weighted by Crippen LogP contribution is -2.27. The maximum atomic E-state index is 13.4. The lowest BCUT2D eigenvalue weighted by Gasteiger charge is -2.25. The summed E-state index contributed by atoms with van der Waals surface area (Å²) in [6.07, 6.45) is 3.55. The van der Waals surface area contributed by atoms with Gasteiger partial charge >= 0.3 is 0 Å². The van der Waals surface area contributed by atoms with Gasteiger partial charge in [0.25, 0.3) is 6.02 Å². The molecule has 0 amide bonds. The average Bonchev–Trinajstić information content (AvgIpc) is 3.06. The van der Waals surface area contributed by atoms with Crippen LogP contribution in [0.2, 0.25) is 0 Å². The van der Waals surface area contributed by atoms with Crippen molar-refractivity contribution in [2.45, 2.75) is 5.54 Å². The Morgan fingerprint density at radius 1 is 0.960 bits per heavy atom. The predicted octanol–water partition coefficient (Wildman–Crippen LogP) is 3.48. The van der Waals surface area contributed by atoms with Crippen LogP contribution >= 0.6 is 0 Å². The number of halogens is 1. The SMILES string of the molecule is NC1=NC(c2ccc(F)cc2)(c2cccc(-c3cccnc3)c2)CO1. The summed E-state index contributed by atoms with van der Waals surface area (Å²) < 4.78 is 18.8. The number of aliphatic imine (C=N–C) groups is 1. The van der Waals surface area contributed by atoms with Gasteiger partial charge in [-0.15, -0.1) is 0 Å². The van der Waals surface area contributed by atoms with E-state index in [0.717, 1.165) is 22.3 Å². The lowest BCUT2D eigenvalue weighted by atomic mass is 9.83. The molecule has 0 bridgehead atoms. The van der Waals surface area contributed by atoms with Crippen LogP contribution in [0.25, 0.3) is 11.1 Å². The second-order valence-electron chi connectivity index (χ2n) is 5.93. The van der Waals surface area contributed by atoms with Crippen LogP contribution < -0.4 is 5.73 Å². The summed E-state index contributed by atoms with van der Waals surface area (Å²) in [5.41, 5.74) is 8.82. The Bertz CT molecular complexity index is 925. The minimum absolute atomic E-state index is 0.135. The predicted molar refractivity (Wildman–Crippen MR) is 94.4 cm³/mol. The summed E-state index contributed by atoms with van der Waals surface area (Å²) >= 11 is 0. The Morgan fingerprint density at radius 3 is 2.44 bits per heavy atom. The highest BCUT2D eigenvalue weighted by molar-refractivity contribution is 5.75. The maximum Gasteiger partial charge on any atom is 0.283 e. The molecule has 1 aromatic heterocycles. The van der Waals surface area contributed by atoms with Gasteiger partial charge in [-0.25, -0.2) is 9.38 Å². The number of pyridine rings is 1. The number of nitrogens with two attached hydrogens (primary N) is 1. The molecule has 2 aromatic carbocycles. The molecule has 0 aliphatic carbocycles. The van der Waals surface area contributed by atoms with Crippen LogP contribution in [-0.2, 0) is 10.3 Å². The van der Waals surface area contributed by atoms with Gasteiger partial charge < -0.3 is 10.5 Å². The normalized spacial score (nSPS) is 19.3. The van der Waals surface area contributed by atoms with Crippen LogP contribution in [0.3, 0.4) is 0 Å². The lowest BCUT2D eigenvalue weighted by molar-refractivity contribution is 0.278. The number of aromatic nitrogens is 1. The number of ether oxygens (including phenoxy) is 1. The van der Waals surface area contributed by atoms with Crippen LogP contribution in [-0.4, -0.2) is 17.6 Å². The molecule has 0 fully saturated rings. The number of rotatable bonds is 3. The summed E-state index contributed by atoms with van der Waals surface area (Å²) in [5.74, 6) is -0.293. The van der Waals surface area contributed by atoms with Gasteiger partial charge in [0.2, 0.25) is 0 Å². The zero-order valence-electron chi connectivity index (χ0n) is 13.4. The first-order chi connectivity index (χ1) is 12.2. The third-order valence-corrected chi connectivity index (χ3v) is 4.39. The van der Waals surface area contributed by atoms with E-state index in [1.54, 1.807) is 18.3 Å². The summed E-state index contributed by atoms with van der Waals surface area (Å²) in [6.45, 7) is 0.279. The fourth-order valence-electron chi connectivity index (χ4n) is 3.11. The number of nitrogens with zero attached hydrogens (tertiary/aromatic N) is 2. The summed E-state index contributed by atoms with van der Waals surface area (Å²) in [6, 6.07) is 18.3. The molecule has 0 saturated heterocycles. The van der Waals surface area contributed by atoms with E-state index < -0.39 is 5.54 Å². The van der Waals surface area contributed by atoms with Gasteiger partial charge in [-0.05, 0) is 46.5 Å². The van der Waals surface area contributed by atoms with Crippen molar-refractivity contribution in [1.82, 2.24) is 4.98 Å². The Morgan fingerprint density at radius 2 is 1.76 bits per heavy atom. The monoisotopic (exact) mass is 333 g/mol. The quantitative estimate of drug-likeness (QED) is 0.798. The molecule has 4 rings (SSSR count). The van der Waals surface area contributed by atoms with Crippen molar-refractivity contribution in [3.05, 3.63) is 90.0 Å². The molecule has 2 N–H and O–H groups in total. The number of benzene rings is 2. The Hall–Kier alpha value is -3.21. The van der Waals surface area contributed by atoms with Crippen LogP contribution in [0.4, 0.5) is 4.39 Å². The summed E-state index contributed by atoms with van der Waals surface area (Å²) in [7, 11) is 0. The molecule has 4 nitrogen and oxygen atoms in total. The molecule has 1 aliphatic rings. The van der Waals surface area contributed by atoms with Gasteiger partial charge in [0, 0.05) is 12.4 Å². The zero-order chi connectivity index (χ0) is 17.3. The van der Waals surface area contributed by atoms with Crippen molar-refractivity contribution < 1.29 is 9.13 Å². The van der Waals surface area contributed by atoms with Crippen molar-refractivity contribution >= 4 is 6.02 Å². The average molecular weight is 333 g/mol. The minimum Gasteiger partial charge on any atom is -0.462 e. The zero-order valence-corrected chi connectivity index (χ0v) is 13.4. The second-order valence-corrected chi connectivity index (χ2v) is 5.93. The Balaban J connectivity index is 1.86. The molecule has 5 heteroatoms. The molecule has 3 aromatic rings. The highest BCUT2D eigenvalue weighted by Crippen LogP contribution is 2.38. The highest BCUT2D eigenvalue weighted by Gasteiger charge is 2.40. The van der Waals surface area contributed by atoms with Crippen molar-refractivity contribution in [1.29, 1.82) is 0 Å². The fraction of sp³-hybridized carbons (Fsp3) is 0.100. The number of hydrogen-bond acceptors (Lipinski definition) is 4. The van der Waals surface area contributed by atoms with E-state index in [1.807, 2.05) is 42.6 Å². The van der Waals surface area contributed by atoms with Crippen molar-refractivity contribution in [2.75, 3.05) is 6.61 Å². The molecular weight excluding hydrogens is 317 g/mol. The van der Waals surface area contributed by atoms with Crippen LogP contribution in [0.5, 0.6) is 0 Å². The van der Waals surface area contributed by atoms with E-state index in [4.69, 9.17) is 10.5 Å². The maximum absolute atomic E-state index is 13.4. The highest BCUT2D eigenvalue weighted by atomic mass is 19.1. The van der Waals surface area contributed by atoms with Gasteiger partial charge in [-0.1, -0.05) is 36.4 Å². The van der Waals surface area contributed by atoms with Crippen molar-refractivity contribution in [2.24, 2.45) is 10.7 Å². The van der Waals surface area contributed by atoms with Gasteiger partial charge in [-0.2, -0.15) is 0 Å². The first-order valence-electron chi connectivity index (χ1n) is 7.92. The van der Waals surface area contributed by atoms with Crippen LogP contribution in [0, 0.1) is 5.82 Å². The number of hydrogen-bond donors (Lipinski definition) is 1. The molecule has 1 unspecified atom stereocenters. The van der Waals surface area contributed by atoms with Crippen LogP contribution in [0.15, 0.2) is 78.0 Å². The number of amidine groups is 1. The van der Waals surface area contributed by atoms with E-state index >= 15 is 0 Å². The molecule has 1 aliphatic heterocycles. The van der Waals surface area contributed by atoms with Gasteiger partial charge in [0.1, 0.15) is 12.4 Å². The van der Waals surface area contributed by atoms with E-state index in [-0.39, 0.29) is 18.4 Å². The largest absolute Gasteiger partial charge is 0.462 e. The molecule has 2 heterocycles. The summed E-state index contributed by atoms with van der Waals surface area (Å²) in [5, 5.41) is 0. The topological polar surface area (TPSA) is 60.5 Å². The standard InChI is InChI=1S/C20H16FN3O/c21-18-8-6-16(7-9-18)20(13-25-19(22)24-20)17-5-1-3-14(11-17)15-4-2-10-23-12-15/h1-12H,13H2,(H2,22,24). The fourth-order valence-corrected chi connectivity index (χ4v) is 3.11. The molecule has 0 spiro atoms. The molecular formula is C20H16FN3O. The third-order valence-electron chi connectivity index (χ3n) is 4.39. The Kier molecular flexibility index (Phi) is 3.69. The second kappa shape index (κ2) is 6.02. The molecule has 25 heavy (non-hydrogen) atoms. The van der Waals surface area contributed by atoms with Crippen molar-refractivity contribution in [3.63, 3.8) is 0 Å². The Labute approximate surface area is 144 Å². The van der Waals surface area contributed by atoms with E-state index in [9.17, 15) is 4.39 Å². The van der Waals surface area contributed by atoms with Gasteiger partial charge in [0.15, 0.2) is 5.54 Å². The first kappa shape index (κ1) is 15.3. The molecule has 0 radical (unpaired) electrons. The first-order valence-corrected chi connectivity index (χ1v) is 7.92. The van der Waals surface area contributed by atoms with Gasteiger partial charge in [-0.3, -0.25) is 4.98 Å². The van der Waals surface area contributed by atoms with E-state index in [0.29, 0.717) is 0 Å².